The van der Waals surface area contributed by atoms with Crippen LogP contribution >= 0.6 is 0 Å². The third kappa shape index (κ3) is 5.71. The molecular formula is C8H18N2O4S. The number of aliphatic carboxylic acids is 1. The third-order valence-corrected chi connectivity index (χ3v) is 3.66. The van der Waals surface area contributed by atoms with E-state index in [0.29, 0.717) is 19.5 Å². The molecule has 0 rings (SSSR count). The van der Waals surface area contributed by atoms with Crippen LogP contribution in [0.2, 0.25) is 0 Å². The second-order valence-corrected chi connectivity index (χ2v) is 4.74. The van der Waals surface area contributed by atoms with Crippen LogP contribution in [0, 0.1) is 0 Å². The molecular weight excluding hydrogens is 220 g/mol. The van der Waals surface area contributed by atoms with Crippen molar-refractivity contribution in [3.05, 3.63) is 0 Å². The molecule has 90 valence electrons. The molecule has 0 aliphatic rings. The highest BCUT2D eigenvalue weighted by Gasteiger charge is 2.17. The van der Waals surface area contributed by atoms with Crippen molar-refractivity contribution in [2.45, 2.75) is 26.7 Å². The minimum Gasteiger partial charge on any atom is -0.481 e. The lowest BCUT2D eigenvalue weighted by atomic mass is 10.3. The number of nitrogens with one attached hydrogen (secondary N) is 1. The highest BCUT2D eigenvalue weighted by molar-refractivity contribution is 7.87. The zero-order valence-electron chi connectivity index (χ0n) is 9.06. The van der Waals surface area contributed by atoms with Gasteiger partial charge in [0, 0.05) is 26.1 Å². The largest absolute Gasteiger partial charge is 0.481 e. The van der Waals surface area contributed by atoms with Gasteiger partial charge in [0.15, 0.2) is 0 Å². The predicted octanol–water partition coefficient (Wildman–Crippen LogP) is 0.0274. The van der Waals surface area contributed by atoms with Crippen LogP contribution in [0.15, 0.2) is 0 Å². The number of hydrogen-bond acceptors (Lipinski definition) is 3. The van der Waals surface area contributed by atoms with Gasteiger partial charge in [0.25, 0.3) is 10.2 Å². The SMILES string of the molecule is CCN(CC)S(=O)(=O)NCCCC(=O)O. The van der Waals surface area contributed by atoms with Crippen LogP contribution in [0.4, 0.5) is 0 Å². The quantitative estimate of drug-likeness (QED) is 0.584. The zero-order valence-corrected chi connectivity index (χ0v) is 9.88. The van der Waals surface area contributed by atoms with E-state index in [1.54, 1.807) is 13.8 Å². The summed E-state index contributed by atoms with van der Waals surface area (Å²) in [7, 11) is -3.43. The lowest BCUT2D eigenvalue weighted by Gasteiger charge is -2.18. The van der Waals surface area contributed by atoms with Crippen LogP contribution in [0.1, 0.15) is 26.7 Å². The summed E-state index contributed by atoms with van der Waals surface area (Å²) in [6.07, 6.45) is 0.274. The maximum atomic E-state index is 11.5. The second kappa shape index (κ2) is 6.76. The van der Waals surface area contributed by atoms with Gasteiger partial charge in [-0.3, -0.25) is 4.79 Å². The number of carboxylic acid groups (broad SMARTS) is 1. The molecule has 15 heavy (non-hydrogen) atoms. The fraction of sp³-hybridized carbons (Fsp3) is 0.875. The fourth-order valence-electron chi connectivity index (χ4n) is 1.10. The summed E-state index contributed by atoms with van der Waals surface area (Å²) < 4.78 is 26.6. The van der Waals surface area contributed by atoms with E-state index in [0.717, 1.165) is 0 Å². The first kappa shape index (κ1) is 14.3. The molecule has 7 heteroatoms. The molecule has 0 amide bonds. The standard InChI is InChI=1S/C8H18N2O4S/c1-3-10(4-2)15(13,14)9-7-5-6-8(11)12/h9H,3-7H2,1-2H3,(H,11,12). The van der Waals surface area contributed by atoms with E-state index in [9.17, 15) is 13.2 Å². The lowest BCUT2D eigenvalue weighted by molar-refractivity contribution is -0.137. The van der Waals surface area contributed by atoms with Crippen molar-refractivity contribution < 1.29 is 18.3 Å². The smallest absolute Gasteiger partial charge is 0.303 e. The summed E-state index contributed by atoms with van der Waals surface area (Å²) in [5, 5.41) is 8.36. The Hall–Kier alpha value is -0.660. The first-order chi connectivity index (χ1) is 6.94. The molecule has 0 saturated heterocycles. The molecule has 6 nitrogen and oxygen atoms in total. The van der Waals surface area contributed by atoms with Crippen LogP contribution < -0.4 is 4.72 Å². The molecule has 0 aliphatic carbocycles. The molecule has 0 unspecified atom stereocenters. The van der Waals surface area contributed by atoms with Gasteiger partial charge in [-0.25, -0.2) is 4.72 Å². The van der Waals surface area contributed by atoms with Crippen LogP contribution in [0.25, 0.3) is 0 Å². The Kier molecular flexibility index (Phi) is 6.46. The van der Waals surface area contributed by atoms with Gasteiger partial charge in [-0.2, -0.15) is 12.7 Å². The van der Waals surface area contributed by atoms with Crippen LogP contribution in [0.3, 0.4) is 0 Å². The van der Waals surface area contributed by atoms with Crippen molar-refractivity contribution >= 4 is 16.2 Å². The Morgan fingerprint density at radius 2 is 1.87 bits per heavy atom. The molecule has 0 bridgehead atoms. The Balaban J connectivity index is 3.99. The highest BCUT2D eigenvalue weighted by atomic mass is 32.2. The summed E-state index contributed by atoms with van der Waals surface area (Å²) in [6.45, 7) is 4.47. The second-order valence-electron chi connectivity index (χ2n) is 2.98. The monoisotopic (exact) mass is 238 g/mol. The van der Waals surface area contributed by atoms with Gasteiger partial charge in [-0.05, 0) is 6.42 Å². The molecule has 0 aromatic rings. The Labute approximate surface area is 90.5 Å². The maximum absolute atomic E-state index is 11.5. The van der Waals surface area contributed by atoms with E-state index in [4.69, 9.17) is 5.11 Å². The Morgan fingerprint density at radius 3 is 2.27 bits per heavy atom. The van der Waals surface area contributed by atoms with Crippen molar-refractivity contribution in [1.82, 2.24) is 9.03 Å². The van der Waals surface area contributed by atoms with Gasteiger partial charge >= 0.3 is 5.97 Å². The number of carbonyl (C=O) groups is 1. The number of rotatable bonds is 8. The summed E-state index contributed by atoms with van der Waals surface area (Å²) in [6, 6.07) is 0. The van der Waals surface area contributed by atoms with Crippen LogP contribution in [-0.4, -0.2) is 43.4 Å². The van der Waals surface area contributed by atoms with Gasteiger partial charge in [-0.15, -0.1) is 0 Å². The molecule has 0 heterocycles. The van der Waals surface area contributed by atoms with Crippen LogP contribution in [-0.2, 0) is 15.0 Å². The molecule has 2 N–H and O–H groups in total. The minimum atomic E-state index is -3.43. The van der Waals surface area contributed by atoms with E-state index >= 15 is 0 Å². The molecule has 0 spiro atoms. The maximum Gasteiger partial charge on any atom is 0.303 e. The molecule has 0 atom stereocenters. The van der Waals surface area contributed by atoms with E-state index < -0.39 is 16.2 Å². The van der Waals surface area contributed by atoms with Gasteiger partial charge in [0.05, 0.1) is 0 Å². The number of hydrogen-bond donors (Lipinski definition) is 2. The minimum absolute atomic E-state index is 0.0270. The molecule has 0 aliphatic heterocycles. The highest BCUT2D eigenvalue weighted by Crippen LogP contribution is 1.97. The lowest BCUT2D eigenvalue weighted by Crippen LogP contribution is -2.40. The molecule has 0 fully saturated rings. The van der Waals surface area contributed by atoms with Crippen molar-refractivity contribution in [2.24, 2.45) is 0 Å². The molecule has 0 aromatic heterocycles. The Bertz CT molecular complexity index is 285. The Morgan fingerprint density at radius 1 is 1.33 bits per heavy atom. The van der Waals surface area contributed by atoms with E-state index in [1.807, 2.05) is 0 Å². The average Bonchev–Trinajstić information content (AvgIpc) is 2.14. The van der Waals surface area contributed by atoms with Crippen molar-refractivity contribution in [3.63, 3.8) is 0 Å². The van der Waals surface area contributed by atoms with Crippen molar-refractivity contribution in [2.75, 3.05) is 19.6 Å². The summed E-state index contributed by atoms with van der Waals surface area (Å²) in [5.41, 5.74) is 0. The topological polar surface area (TPSA) is 86.7 Å². The number of carboxylic acids is 1. The van der Waals surface area contributed by atoms with Crippen molar-refractivity contribution in [3.8, 4) is 0 Å². The van der Waals surface area contributed by atoms with Crippen LogP contribution in [0.5, 0.6) is 0 Å². The molecule has 0 aromatic carbocycles. The average molecular weight is 238 g/mol. The summed E-state index contributed by atoms with van der Waals surface area (Å²) in [4.78, 5) is 10.2. The predicted molar refractivity (Wildman–Crippen MR) is 56.7 cm³/mol. The zero-order chi connectivity index (χ0) is 11.9. The van der Waals surface area contributed by atoms with Gasteiger partial charge in [-0.1, -0.05) is 13.8 Å². The molecule has 0 radical (unpaired) electrons. The first-order valence-corrected chi connectivity index (χ1v) is 6.34. The van der Waals surface area contributed by atoms with E-state index in [1.165, 1.54) is 4.31 Å². The molecule has 0 saturated carbocycles. The normalized spacial score (nSPS) is 11.9. The fourth-order valence-corrected chi connectivity index (χ4v) is 2.36. The summed E-state index contributed by atoms with van der Waals surface area (Å²) in [5.74, 6) is -0.919. The van der Waals surface area contributed by atoms with Gasteiger partial charge < -0.3 is 5.11 Å². The first-order valence-electron chi connectivity index (χ1n) is 4.90. The van der Waals surface area contributed by atoms with E-state index in [2.05, 4.69) is 4.72 Å². The number of nitrogens with zero attached hydrogens (tertiary/aromatic N) is 1. The summed E-state index contributed by atoms with van der Waals surface area (Å²) >= 11 is 0. The van der Waals surface area contributed by atoms with Gasteiger partial charge in [0.1, 0.15) is 0 Å². The van der Waals surface area contributed by atoms with Crippen molar-refractivity contribution in [1.29, 1.82) is 0 Å². The van der Waals surface area contributed by atoms with Gasteiger partial charge in [0.2, 0.25) is 0 Å². The van der Waals surface area contributed by atoms with E-state index in [-0.39, 0.29) is 13.0 Å². The third-order valence-electron chi connectivity index (χ3n) is 1.90.